The van der Waals surface area contributed by atoms with Crippen LogP contribution in [0.3, 0.4) is 0 Å². The van der Waals surface area contributed by atoms with Gasteiger partial charge in [-0.3, -0.25) is 0 Å². The van der Waals surface area contributed by atoms with E-state index in [1.54, 1.807) is 20.5 Å². The third-order valence-electron chi connectivity index (χ3n) is 2.04. The minimum Gasteiger partial charge on any atom is -0.469 e. The summed E-state index contributed by atoms with van der Waals surface area (Å²) in [6.45, 7) is 3.09. The van der Waals surface area contributed by atoms with E-state index in [2.05, 4.69) is 6.92 Å². The number of alkyl halides is 1. The van der Waals surface area contributed by atoms with Crippen molar-refractivity contribution in [3.8, 4) is 0 Å². The Morgan fingerprint density at radius 2 is 2.06 bits per heavy atom. The standard InChI is InChI=1S/C10H16O3.C2H6FP/c1-10(7-11-2,8-12-3)9-5-4-6-13-9;1-2(3)4/h4-6H,7-8H2,1-3H3;2H,4H2,1H3/i;1D. The molecule has 100 valence electrons. The average Bonchev–Trinajstić information content (AvgIpc) is 2.84. The first-order chi connectivity index (χ1) is 8.50. The largest absolute Gasteiger partial charge is 0.469 e. The van der Waals surface area contributed by atoms with Crippen molar-refractivity contribution in [2.45, 2.75) is 25.2 Å². The van der Waals surface area contributed by atoms with Gasteiger partial charge in [-0.2, -0.15) is 0 Å². The first kappa shape index (κ1) is 14.6. The second-order valence-electron chi connectivity index (χ2n) is 3.92. The minimum absolute atomic E-state index is 0.148. The Morgan fingerprint density at radius 1 is 1.53 bits per heavy atom. The van der Waals surface area contributed by atoms with Crippen LogP contribution in [0.2, 0.25) is 0 Å². The van der Waals surface area contributed by atoms with E-state index in [1.165, 1.54) is 0 Å². The highest BCUT2D eigenvalue weighted by Crippen LogP contribution is 2.24. The van der Waals surface area contributed by atoms with E-state index < -0.39 is 5.91 Å². The smallest absolute Gasteiger partial charge is 0.114 e. The fourth-order valence-corrected chi connectivity index (χ4v) is 1.44. The van der Waals surface area contributed by atoms with Crippen LogP contribution in [0.5, 0.6) is 0 Å². The number of ether oxygens (including phenoxy) is 2. The quantitative estimate of drug-likeness (QED) is 0.767. The Bertz CT molecular complexity index is 288. The Kier molecular flexibility index (Phi) is 7.41. The van der Waals surface area contributed by atoms with Crippen molar-refractivity contribution in [3.05, 3.63) is 24.2 Å². The number of hydrogen-bond acceptors (Lipinski definition) is 3. The fraction of sp³-hybridized carbons (Fsp3) is 0.667. The molecule has 0 radical (unpaired) electrons. The van der Waals surface area contributed by atoms with Crippen molar-refractivity contribution in [3.63, 3.8) is 0 Å². The maximum absolute atomic E-state index is 11.2. The molecule has 0 amide bonds. The van der Waals surface area contributed by atoms with Crippen LogP contribution < -0.4 is 0 Å². The molecule has 0 saturated carbocycles. The number of furan rings is 1. The van der Waals surface area contributed by atoms with Crippen LogP contribution >= 0.6 is 9.24 Å². The van der Waals surface area contributed by atoms with Gasteiger partial charge in [-0.25, -0.2) is 4.39 Å². The molecule has 2 atom stereocenters. The van der Waals surface area contributed by atoms with Crippen molar-refractivity contribution in [2.24, 2.45) is 0 Å². The first-order valence-electron chi connectivity index (χ1n) is 5.91. The second-order valence-corrected chi connectivity index (χ2v) is 4.64. The Hall–Kier alpha value is -0.440. The molecule has 0 aromatic carbocycles. The van der Waals surface area contributed by atoms with Crippen LogP contribution in [0, 0.1) is 0 Å². The normalized spacial score (nSPS) is 13.6. The average molecular weight is 265 g/mol. The zero-order chi connectivity index (χ0) is 14.0. The van der Waals surface area contributed by atoms with Gasteiger partial charge in [0, 0.05) is 15.6 Å². The fourth-order valence-electron chi connectivity index (χ4n) is 1.44. The van der Waals surface area contributed by atoms with E-state index in [0.29, 0.717) is 13.2 Å². The van der Waals surface area contributed by atoms with Crippen molar-refractivity contribution < 1.29 is 19.7 Å². The van der Waals surface area contributed by atoms with Gasteiger partial charge < -0.3 is 13.9 Å². The Balaban J connectivity index is 0.000000494. The molecule has 1 aromatic rings. The van der Waals surface area contributed by atoms with Crippen LogP contribution in [0.4, 0.5) is 4.39 Å². The van der Waals surface area contributed by atoms with Gasteiger partial charge in [-0.1, -0.05) is 0 Å². The number of halogens is 1. The highest BCUT2D eigenvalue weighted by atomic mass is 31.0. The van der Waals surface area contributed by atoms with Crippen LogP contribution in [-0.4, -0.2) is 33.3 Å². The number of methoxy groups -OCH3 is 2. The van der Waals surface area contributed by atoms with Crippen LogP contribution in [0.15, 0.2) is 22.8 Å². The molecular weight excluding hydrogens is 242 g/mol. The predicted molar refractivity (Wildman–Crippen MR) is 70.1 cm³/mol. The maximum atomic E-state index is 11.2. The minimum atomic E-state index is -1.03. The molecule has 0 aliphatic carbocycles. The molecule has 0 aliphatic heterocycles. The molecule has 3 nitrogen and oxygen atoms in total. The molecule has 0 fully saturated rings. The van der Waals surface area contributed by atoms with Crippen LogP contribution in [0.1, 0.15) is 21.0 Å². The van der Waals surface area contributed by atoms with Gasteiger partial charge in [-0.05, 0) is 26.0 Å². The van der Waals surface area contributed by atoms with Crippen LogP contribution in [0.25, 0.3) is 0 Å². The van der Waals surface area contributed by atoms with E-state index in [-0.39, 0.29) is 12.3 Å². The molecule has 1 rings (SSSR count). The van der Waals surface area contributed by atoms with E-state index in [9.17, 15) is 4.39 Å². The second kappa shape index (κ2) is 8.62. The molecule has 0 aliphatic rings. The van der Waals surface area contributed by atoms with Crippen molar-refractivity contribution in [2.75, 3.05) is 27.4 Å². The van der Waals surface area contributed by atoms with Gasteiger partial charge in [0.15, 0.2) is 0 Å². The molecule has 2 unspecified atom stereocenters. The summed E-state index contributed by atoms with van der Waals surface area (Å²) in [5.41, 5.74) is -0.188. The molecule has 1 heterocycles. The van der Waals surface area contributed by atoms with Gasteiger partial charge in [-0.15, -0.1) is 9.24 Å². The lowest BCUT2D eigenvalue weighted by molar-refractivity contribution is 0.0573. The monoisotopic (exact) mass is 265 g/mol. The molecule has 0 spiro atoms. The van der Waals surface area contributed by atoms with Gasteiger partial charge in [0.25, 0.3) is 0 Å². The summed E-state index contributed by atoms with van der Waals surface area (Å²) in [6, 6.07) is 3.82. The summed E-state index contributed by atoms with van der Waals surface area (Å²) in [4.78, 5) is 0. The lowest BCUT2D eigenvalue weighted by Gasteiger charge is -2.25. The van der Waals surface area contributed by atoms with Gasteiger partial charge in [0.1, 0.15) is 11.7 Å². The molecule has 5 heteroatoms. The highest BCUT2D eigenvalue weighted by molar-refractivity contribution is 7.17. The summed E-state index contributed by atoms with van der Waals surface area (Å²) < 4.78 is 33.1. The summed E-state index contributed by atoms with van der Waals surface area (Å²) in [6.07, 6.45) is 1.67. The molecule has 17 heavy (non-hydrogen) atoms. The number of rotatable bonds is 5. The Labute approximate surface area is 106 Å². The third kappa shape index (κ3) is 6.77. The lowest BCUT2D eigenvalue weighted by atomic mass is 9.90. The third-order valence-corrected chi connectivity index (χ3v) is 2.04. The predicted octanol–water partition coefficient (Wildman–Crippen LogP) is 3.01. The summed E-state index contributed by atoms with van der Waals surface area (Å²) in [7, 11) is 5.23. The first-order valence-corrected chi connectivity index (χ1v) is 5.87. The van der Waals surface area contributed by atoms with Crippen molar-refractivity contribution in [1.29, 1.82) is 0 Å². The lowest BCUT2D eigenvalue weighted by Crippen LogP contribution is -2.32. The topological polar surface area (TPSA) is 31.6 Å². The molecule has 0 N–H and O–H groups in total. The summed E-state index contributed by atoms with van der Waals surface area (Å²) in [5.74, 6) is -0.133. The van der Waals surface area contributed by atoms with E-state index in [4.69, 9.17) is 15.3 Å². The molecule has 0 saturated heterocycles. The van der Waals surface area contributed by atoms with E-state index >= 15 is 0 Å². The Morgan fingerprint density at radius 3 is 2.35 bits per heavy atom. The summed E-state index contributed by atoms with van der Waals surface area (Å²) >= 11 is 0. The van der Waals surface area contributed by atoms with E-state index in [0.717, 1.165) is 5.76 Å². The van der Waals surface area contributed by atoms with Gasteiger partial charge >= 0.3 is 0 Å². The van der Waals surface area contributed by atoms with Crippen LogP contribution in [-0.2, 0) is 14.9 Å². The number of hydrogen-bond donors (Lipinski definition) is 0. The van der Waals surface area contributed by atoms with Gasteiger partial charge in [0.2, 0.25) is 0 Å². The highest BCUT2D eigenvalue weighted by Gasteiger charge is 2.29. The van der Waals surface area contributed by atoms with Gasteiger partial charge in [0.05, 0.1) is 24.9 Å². The summed E-state index contributed by atoms with van der Waals surface area (Å²) in [5, 5.41) is 0. The van der Waals surface area contributed by atoms with Crippen molar-refractivity contribution >= 4 is 9.24 Å². The molecule has 0 bridgehead atoms. The molecule has 1 aromatic heterocycles. The zero-order valence-corrected chi connectivity index (χ0v) is 11.8. The SMILES string of the molecule is COCC(C)(COC)c1ccco1.[2H]CC(F)P. The zero-order valence-electron chi connectivity index (χ0n) is 11.6. The van der Waals surface area contributed by atoms with Crippen molar-refractivity contribution in [1.82, 2.24) is 0 Å². The maximum Gasteiger partial charge on any atom is 0.114 e. The van der Waals surface area contributed by atoms with E-state index in [1.807, 2.05) is 21.4 Å². The molecular formula is C12H22FO3P.